The van der Waals surface area contributed by atoms with Crippen LogP contribution in [0.15, 0.2) is 46.0 Å². The number of thiophene rings is 1. The van der Waals surface area contributed by atoms with Crippen LogP contribution in [0.3, 0.4) is 0 Å². The lowest BCUT2D eigenvalue weighted by molar-refractivity contribution is -0.123. The molecule has 0 unspecified atom stereocenters. The topological polar surface area (TPSA) is 66.5 Å². The monoisotopic (exact) mass is 414 g/mol. The summed E-state index contributed by atoms with van der Waals surface area (Å²) in [6, 6.07) is 10.6. The van der Waals surface area contributed by atoms with Crippen LogP contribution in [-0.2, 0) is 20.4 Å². The number of carbonyl (C=O) groups is 1. The number of amides is 1. The van der Waals surface area contributed by atoms with Crippen molar-refractivity contribution in [1.29, 1.82) is 0 Å². The molecule has 0 aliphatic rings. The summed E-state index contributed by atoms with van der Waals surface area (Å²) in [6.45, 7) is 3.74. The van der Waals surface area contributed by atoms with Gasteiger partial charge in [0.2, 0.25) is 5.91 Å². The molecule has 0 bridgehead atoms. The Kier molecular flexibility index (Phi) is 6.85. The molecule has 1 heterocycles. The summed E-state index contributed by atoms with van der Waals surface area (Å²) < 4.78 is 26.3. The van der Waals surface area contributed by atoms with Gasteiger partial charge in [-0.15, -0.1) is 11.3 Å². The van der Waals surface area contributed by atoms with Crippen LogP contribution in [0, 0.1) is 0 Å². The van der Waals surface area contributed by atoms with Gasteiger partial charge in [-0.05, 0) is 42.0 Å². The third-order valence-corrected chi connectivity index (χ3v) is 7.94. The van der Waals surface area contributed by atoms with Gasteiger partial charge < -0.3 is 5.32 Å². The highest BCUT2D eigenvalue weighted by Gasteiger charge is 2.32. The van der Waals surface area contributed by atoms with Crippen molar-refractivity contribution in [3.05, 3.63) is 52.4 Å². The fraction of sp³-hybridized carbons (Fsp3) is 0.389. The Morgan fingerprint density at radius 2 is 1.81 bits per heavy atom. The van der Waals surface area contributed by atoms with E-state index in [0.717, 1.165) is 21.2 Å². The molecule has 0 fully saturated rings. The largest absolute Gasteiger partial charge is 0.345 e. The molecular formula is C18H23ClN2O3S2. The lowest BCUT2D eigenvalue weighted by Gasteiger charge is -2.34. The van der Waals surface area contributed by atoms with Crippen LogP contribution in [-0.4, -0.2) is 32.2 Å². The Morgan fingerprint density at radius 3 is 2.31 bits per heavy atom. The van der Waals surface area contributed by atoms with Crippen molar-refractivity contribution >= 4 is 38.9 Å². The van der Waals surface area contributed by atoms with Crippen molar-refractivity contribution in [1.82, 2.24) is 9.62 Å². The number of hydrogen-bond acceptors (Lipinski definition) is 4. The molecule has 26 heavy (non-hydrogen) atoms. The van der Waals surface area contributed by atoms with Gasteiger partial charge in [-0.1, -0.05) is 43.6 Å². The van der Waals surface area contributed by atoms with Crippen LogP contribution >= 0.6 is 22.9 Å². The summed E-state index contributed by atoms with van der Waals surface area (Å²) in [6.07, 6.45) is 1.36. The standard InChI is InChI=1S/C18H23ClN2O3S2/c1-4-18(5-2,14-8-10-15(19)11-9-14)20-16(22)13-21(3)26(23,24)17-7-6-12-25-17/h6-12H,4-5,13H2,1-3H3,(H,20,22). The van der Waals surface area contributed by atoms with Crippen LogP contribution in [0.1, 0.15) is 32.3 Å². The molecule has 0 atom stereocenters. The minimum Gasteiger partial charge on any atom is -0.345 e. The van der Waals surface area contributed by atoms with Crippen LogP contribution in [0.2, 0.25) is 5.02 Å². The predicted octanol–water partition coefficient (Wildman–Crippen LogP) is 3.85. The lowest BCUT2D eigenvalue weighted by atomic mass is 9.84. The van der Waals surface area contributed by atoms with E-state index in [-0.39, 0.29) is 16.7 Å². The van der Waals surface area contributed by atoms with Crippen LogP contribution < -0.4 is 5.32 Å². The first-order valence-electron chi connectivity index (χ1n) is 8.32. The van der Waals surface area contributed by atoms with E-state index in [9.17, 15) is 13.2 Å². The molecule has 2 rings (SSSR count). The van der Waals surface area contributed by atoms with Crippen LogP contribution in [0.4, 0.5) is 0 Å². The minimum atomic E-state index is -3.66. The van der Waals surface area contributed by atoms with Crippen LogP contribution in [0.25, 0.3) is 0 Å². The highest BCUT2D eigenvalue weighted by molar-refractivity contribution is 7.91. The molecule has 1 N–H and O–H groups in total. The second-order valence-electron chi connectivity index (χ2n) is 6.04. The van der Waals surface area contributed by atoms with Crippen molar-refractivity contribution in [2.45, 2.75) is 36.4 Å². The number of rotatable bonds is 8. The summed E-state index contributed by atoms with van der Waals surface area (Å²) in [5.41, 5.74) is 0.388. The maximum Gasteiger partial charge on any atom is 0.252 e. The van der Waals surface area contributed by atoms with Gasteiger partial charge in [0.25, 0.3) is 10.0 Å². The molecule has 1 aromatic heterocycles. The number of likely N-dealkylation sites (N-methyl/N-ethyl adjacent to an activating group) is 1. The van der Waals surface area contributed by atoms with Crippen molar-refractivity contribution in [3.63, 3.8) is 0 Å². The van der Waals surface area contributed by atoms with Crippen molar-refractivity contribution < 1.29 is 13.2 Å². The average Bonchev–Trinajstić information content (AvgIpc) is 3.16. The maximum absolute atomic E-state index is 12.6. The molecule has 8 heteroatoms. The number of halogens is 1. The van der Waals surface area contributed by atoms with E-state index < -0.39 is 15.6 Å². The average molecular weight is 415 g/mol. The molecule has 1 aromatic carbocycles. The zero-order chi connectivity index (χ0) is 19.4. The third-order valence-electron chi connectivity index (χ3n) is 4.51. The van der Waals surface area contributed by atoms with E-state index in [1.165, 1.54) is 13.1 Å². The molecule has 5 nitrogen and oxygen atoms in total. The fourth-order valence-electron chi connectivity index (χ4n) is 2.83. The number of hydrogen-bond donors (Lipinski definition) is 1. The summed E-state index contributed by atoms with van der Waals surface area (Å²) in [5.74, 6) is -0.341. The van der Waals surface area contributed by atoms with E-state index in [4.69, 9.17) is 11.6 Å². The van der Waals surface area contributed by atoms with E-state index >= 15 is 0 Å². The van der Waals surface area contributed by atoms with E-state index in [0.29, 0.717) is 17.9 Å². The summed E-state index contributed by atoms with van der Waals surface area (Å²) in [4.78, 5) is 12.6. The lowest BCUT2D eigenvalue weighted by Crippen LogP contribution is -2.49. The Hall–Kier alpha value is -1.41. The third kappa shape index (κ3) is 4.46. The normalized spacial score (nSPS) is 12.3. The van der Waals surface area contributed by atoms with Crippen molar-refractivity contribution in [2.75, 3.05) is 13.6 Å². The number of nitrogens with zero attached hydrogens (tertiary/aromatic N) is 1. The van der Waals surface area contributed by atoms with Gasteiger partial charge in [0.1, 0.15) is 4.21 Å². The van der Waals surface area contributed by atoms with Gasteiger partial charge in [0.15, 0.2) is 0 Å². The van der Waals surface area contributed by atoms with Crippen LogP contribution in [0.5, 0.6) is 0 Å². The molecule has 0 saturated carbocycles. The molecule has 0 spiro atoms. The molecule has 1 amide bonds. The Labute approximate surface area is 164 Å². The second kappa shape index (κ2) is 8.52. The molecule has 0 aliphatic carbocycles. The van der Waals surface area contributed by atoms with Gasteiger partial charge in [-0.25, -0.2) is 8.42 Å². The van der Waals surface area contributed by atoms with Crippen molar-refractivity contribution in [3.8, 4) is 0 Å². The minimum absolute atomic E-state index is 0.225. The highest BCUT2D eigenvalue weighted by atomic mass is 35.5. The highest BCUT2D eigenvalue weighted by Crippen LogP contribution is 2.30. The van der Waals surface area contributed by atoms with Gasteiger partial charge in [0.05, 0.1) is 12.1 Å². The quantitative estimate of drug-likeness (QED) is 0.713. The molecule has 142 valence electrons. The van der Waals surface area contributed by atoms with Gasteiger partial charge >= 0.3 is 0 Å². The molecule has 2 aromatic rings. The zero-order valence-electron chi connectivity index (χ0n) is 15.0. The number of carbonyl (C=O) groups excluding carboxylic acids is 1. The number of sulfonamides is 1. The first-order valence-corrected chi connectivity index (χ1v) is 11.0. The number of benzene rings is 1. The van der Waals surface area contributed by atoms with Gasteiger partial charge in [-0.2, -0.15) is 4.31 Å². The molecule has 0 aliphatic heterocycles. The van der Waals surface area contributed by atoms with E-state index in [1.54, 1.807) is 23.6 Å². The number of nitrogens with one attached hydrogen (secondary N) is 1. The predicted molar refractivity (Wildman–Crippen MR) is 106 cm³/mol. The second-order valence-corrected chi connectivity index (χ2v) is 9.69. The van der Waals surface area contributed by atoms with Crippen molar-refractivity contribution in [2.24, 2.45) is 0 Å². The van der Waals surface area contributed by atoms with Gasteiger partial charge in [-0.3, -0.25) is 4.79 Å². The molecule has 0 radical (unpaired) electrons. The summed E-state index contributed by atoms with van der Waals surface area (Å²) in [7, 11) is -2.24. The summed E-state index contributed by atoms with van der Waals surface area (Å²) in [5, 5.41) is 5.35. The molecule has 0 saturated heterocycles. The zero-order valence-corrected chi connectivity index (χ0v) is 17.4. The summed E-state index contributed by atoms with van der Waals surface area (Å²) >= 11 is 7.09. The first kappa shape index (κ1) is 20.9. The molecular weight excluding hydrogens is 392 g/mol. The Morgan fingerprint density at radius 1 is 1.19 bits per heavy atom. The smallest absolute Gasteiger partial charge is 0.252 e. The Bertz CT molecular complexity index is 830. The van der Waals surface area contributed by atoms with E-state index in [1.807, 2.05) is 26.0 Å². The van der Waals surface area contributed by atoms with E-state index in [2.05, 4.69) is 5.32 Å². The maximum atomic E-state index is 12.6. The van der Waals surface area contributed by atoms with Gasteiger partial charge in [0, 0.05) is 12.1 Å². The first-order chi connectivity index (χ1) is 12.2. The Balaban J connectivity index is 2.16. The fourth-order valence-corrected chi connectivity index (χ4v) is 5.29. The SMILES string of the molecule is CCC(CC)(NC(=O)CN(C)S(=O)(=O)c1cccs1)c1ccc(Cl)cc1.